The minimum absolute atomic E-state index is 1.13. The normalized spacial score (nSPS) is 11.5. The van der Waals surface area contributed by atoms with Crippen LogP contribution >= 0.6 is 22.7 Å². The van der Waals surface area contributed by atoms with Crippen LogP contribution in [0.4, 0.5) is 17.1 Å². The number of hydrogen-bond acceptors (Lipinski definition) is 3. The number of anilines is 3. The Morgan fingerprint density at radius 3 is 1.53 bits per heavy atom. The largest absolute Gasteiger partial charge is 0.309 e. The molecule has 0 saturated carbocycles. The van der Waals surface area contributed by atoms with Gasteiger partial charge >= 0.3 is 0 Å². The van der Waals surface area contributed by atoms with E-state index in [-0.39, 0.29) is 0 Å². The van der Waals surface area contributed by atoms with E-state index < -0.39 is 0 Å². The molecule has 0 unspecified atom stereocenters. The molecule has 2 aromatic heterocycles. The van der Waals surface area contributed by atoms with Gasteiger partial charge in [0.2, 0.25) is 0 Å². The molecular formula is C48H31NS2. The van der Waals surface area contributed by atoms with Crippen molar-refractivity contribution in [1.29, 1.82) is 0 Å². The zero-order valence-electron chi connectivity index (χ0n) is 27.7. The van der Waals surface area contributed by atoms with Gasteiger partial charge in [-0.05, 0) is 75.8 Å². The molecule has 2 heterocycles. The quantitative estimate of drug-likeness (QED) is 0.168. The first-order valence-electron chi connectivity index (χ1n) is 17.3. The highest BCUT2D eigenvalue weighted by Crippen LogP contribution is 2.49. The summed E-state index contributed by atoms with van der Waals surface area (Å²) in [5.74, 6) is 0. The van der Waals surface area contributed by atoms with Crippen molar-refractivity contribution in [3.63, 3.8) is 0 Å². The number of fused-ring (bicyclic) bond motifs is 6. The fourth-order valence-electron chi connectivity index (χ4n) is 7.47. The van der Waals surface area contributed by atoms with E-state index in [2.05, 4.69) is 193 Å². The van der Waals surface area contributed by atoms with Crippen LogP contribution < -0.4 is 4.90 Å². The van der Waals surface area contributed by atoms with Crippen LogP contribution in [0.1, 0.15) is 0 Å². The van der Waals surface area contributed by atoms with Crippen LogP contribution in [0.25, 0.3) is 73.7 Å². The molecule has 0 aliphatic heterocycles. The molecule has 0 radical (unpaired) electrons. The van der Waals surface area contributed by atoms with Gasteiger partial charge in [-0.3, -0.25) is 0 Å². The lowest BCUT2D eigenvalue weighted by atomic mass is 9.98. The summed E-state index contributed by atoms with van der Waals surface area (Å²) < 4.78 is 5.24. The van der Waals surface area contributed by atoms with Crippen LogP contribution in [0.5, 0.6) is 0 Å². The maximum absolute atomic E-state index is 2.44. The minimum atomic E-state index is 1.13. The van der Waals surface area contributed by atoms with Gasteiger partial charge in [0, 0.05) is 47.0 Å². The molecule has 10 aromatic rings. The predicted octanol–water partition coefficient (Wildman–Crippen LogP) is 14.9. The lowest BCUT2D eigenvalue weighted by Crippen LogP contribution is -2.10. The van der Waals surface area contributed by atoms with E-state index in [1.54, 1.807) is 0 Å². The zero-order chi connectivity index (χ0) is 33.7. The zero-order valence-corrected chi connectivity index (χ0v) is 29.3. The number of thiophene rings is 2. The van der Waals surface area contributed by atoms with Gasteiger partial charge in [-0.2, -0.15) is 0 Å². The summed E-state index contributed by atoms with van der Waals surface area (Å²) in [6.45, 7) is 0. The van der Waals surface area contributed by atoms with Gasteiger partial charge in [0.1, 0.15) is 0 Å². The Bertz CT molecular complexity index is 2830. The van der Waals surface area contributed by atoms with E-state index in [4.69, 9.17) is 0 Å². The maximum Gasteiger partial charge on any atom is 0.0640 e. The van der Waals surface area contributed by atoms with Gasteiger partial charge < -0.3 is 4.90 Å². The molecule has 0 saturated heterocycles. The van der Waals surface area contributed by atoms with Crippen molar-refractivity contribution in [1.82, 2.24) is 0 Å². The van der Waals surface area contributed by atoms with Crippen LogP contribution in [-0.2, 0) is 0 Å². The molecule has 0 amide bonds. The monoisotopic (exact) mass is 685 g/mol. The Morgan fingerprint density at radius 2 is 0.824 bits per heavy atom. The molecule has 0 fully saturated rings. The second kappa shape index (κ2) is 12.4. The molecule has 10 rings (SSSR count). The third-order valence-electron chi connectivity index (χ3n) is 9.90. The van der Waals surface area contributed by atoms with E-state index in [0.717, 1.165) is 11.4 Å². The van der Waals surface area contributed by atoms with E-state index >= 15 is 0 Å². The number of benzene rings is 8. The predicted molar refractivity (Wildman–Crippen MR) is 223 cm³/mol. The van der Waals surface area contributed by atoms with Crippen molar-refractivity contribution in [2.75, 3.05) is 4.90 Å². The molecule has 8 aromatic carbocycles. The third kappa shape index (κ3) is 5.13. The standard InChI is InChI=1S/C48H31NS2/c1-3-12-32(13-4-1)33-22-26-36(27-23-33)49(37-28-24-35(25-29-37)39-18-11-19-41-40-16-7-9-20-44(40)50-47(39)41)43-31-30-38(34-14-5-2-6-15-34)46-42-17-8-10-21-45(42)51-48(43)46/h1-31H. The summed E-state index contributed by atoms with van der Waals surface area (Å²) in [6, 6.07) is 68.5. The number of nitrogens with zero attached hydrogens (tertiary/aromatic N) is 1. The van der Waals surface area contributed by atoms with Crippen molar-refractivity contribution < 1.29 is 0 Å². The molecule has 0 bridgehead atoms. The Hall–Kier alpha value is -6.00. The van der Waals surface area contributed by atoms with Gasteiger partial charge in [0.05, 0.1) is 10.4 Å². The molecular weight excluding hydrogens is 655 g/mol. The first kappa shape index (κ1) is 29.9. The summed E-state index contributed by atoms with van der Waals surface area (Å²) in [7, 11) is 0. The van der Waals surface area contributed by atoms with Crippen LogP contribution in [0.3, 0.4) is 0 Å². The summed E-state index contributed by atoms with van der Waals surface area (Å²) in [5.41, 5.74) is 10.8. The summed E-state index contributed by atoms with van der Waals surface area (Å²) in [4.78, 5) is 2.44. The van der Waals surface area contributed by atoms with Gasteiger partial charge in [-0.25, -0.2) is 0 Å². The highest BCUT2D eigenvalue weighted by Gasteiger charge is 2.21. The second-order valence-electron chi connectivity index (χ2n) is 12.9. The smallest absolute Gasteiger partial charge is 0.0640 e. The Kier molecular flexibility index (Phi) is 7.26. The Balaban J connectivity index is 1.16. The SMILES string of the molecule is c1ccc(-c2ccc(N(c3ccc(-c4cccc5c4sc4ccccc45)cc3)c3ccc(-c4ccccc4)c4c3sc3ccccc34)cc2)cc1. The summed E-state index contributed by atoms with van der Waals surface area (Å²) >= 11 is 3.76. The first-order valence-corrected chi connectivity index (χ1v) is 18.9. The van der Waals surface area contributed by atoms with Crippen molar-refractivity contribution in [3.8, 4) is 33.4 Å². The average Bonchev–Trinajstić information content (AvgIpc) is 3.79. The highest BCUT2D eigenvalue weighted by molar-refractivity contribution is 7.26. The molecule has 51 heavy (non-hydrogen) atoms. The van der Waals surface area contributed by atoms with Crippen molar-refractivity contribution in [2.45, 2.75) is 0 Å². The van der Waals surface area contributed by atoms with Gasteiger partial charge in [0.15, 0.2) is 0 Å². The lowest BCUT2D eigenvalue weighted by molar-refractivity contribution is 1.30. The molecule has 240 valence electrons. The average molecular weight is 686 g/mol. The second-order valence-corrected chi connectivity index (χ2v) is 15.0. The van der Waals surface area contributed by atoms with Crippen LogP contribution in [-0.4, -0.2) is 0 Å². The highest BCUT2D eigenvalue weighted by atomic mass is 32.1. The molecule has 0 atom stereocenters. The van der Waals surface area contributed by atoms with E-state index in [1.807, 2.05) is 22.7 Å². The fraction of sp³-hybridized carbons (Fsp3) is 0. The Morgan fingerprint density at radius 1 is 0.314 bits per heavy atom. The van der Waals surface area contributed by atoms with Gasteiger partial charge in [-0.15, -0.1) is 22.7 Å². The maximum atomic E-state index is 2.44. The minimum Gasteiger partial charge on any atom is -0.309 e. The fourth-order valence-corrected chi connectivity index (χ4v) is 9.94. The van der Waals surface area contributed by atoms with E-state index in [0.29, 0.717) is 0 Å². The molecule has 1 nitrogen and oxygen atoms in total. The van der Waals surface area contributed by atoms with E-state index in [9.17, 15) is 0 Å². The van der Waals surface area contributed by atoms with Crippen LogP contribution in [0, 0.1) is 0 Å². The number of rotatable bonds is 6. The van der Waals surface area contributed by atoms with Crippen molar-refractivity contribution in [2.24, 2.45) is 0 Å². The summed E-state index contributed by atoms with van der Waals surface area (Å²) in [6.07, 6.45) is 0. The van der Waals surface area contributed by atoms with Crippen molar-refractivity contribution in [3.05, 3.63) is 188 Å². The molecule has 0 aliphatic carbocycles. The molecule has 0 spiro atoms. The van der Waals surface area contributed by atoms with Gasteiger partial charge in [0.25, 0.3) is 0 Å². The van der Waals surface area contributed by atoms with Crippen LogP contribution in [0.15, 0.2) is 188 Å². The van der Waals surface area contributed by atoms with E-state index in [1.165, 1.54) is 79.4 Å². The molecule has 0 aliphatic rings. The third-order valence-corrected chi connectivity index (χ3v) is 12.3. The molecule has 3 heteroatoms. The topological polar surface area (TPSA) is 3.24 Å². The van der Waals surface area contributed by atoms with Gasteiger partial charge in [-0.1, -0.05) is 146 Å². The molecule has 0 N–H and O–H groups in total. The Labute approximate surface area is 304 Å². The van der Waals surface area contributed by atoms with Crippen molar-refractivity contribution >= 4 is 80.1 Å². The lowest BCUT2D eigenvalue weighted by Gasteiger charge is -2.27. The van der Waals surface area contributed by atoms with Crippen LogP contribution in [0.2, 0.25) is 0 Å². The summed E-state index contributed by atoms with van der Waals surface area (Å²) in [5, 5.41) is 5.25. The first-order chi connectivity index (χ1) is 25.3. The number of hydrogen-bond donors (Lipinski definition) is 0.